The lowest BCUT2D eigenvalue weighted by molar-refractivity contribution is 0.0997. The number of nitrogens with zero attached hydrogens (tertiary/aromatic N) is 1. The summed E-state index contributed by atoms with van der Waals surface area (Å²) in [4.78, 5) is 11.4. The number of carbonyl (C=O) groups is 1. The minimum atomic E-state index is -3.57. The molecule has 0 aliphatic rings. The number of halogens is 3. The zero-order valence-corrected chi connectivity index (χ0v) is 15.3. The molecule has 0 saturated carbocycles. The van der Waals surface area contributed by atoms with Crippen LogP contribution in [0.2, 0.25) is 5.02 Å². The number of sulfonamides is 1. The molecule has 2 rings (SSSR count). The average molecular weight is 409 g/mol. The molecule has 2 aromatic rings. The van der Waals surface area contributed by atoms with Gasteiger partial charge >= 0.3 is 0 Å². The van der Waals surface area contributed by atoms with E-state index in [-0.39, 0.29) is 46.3 Å². The zero-order valence-electron chi connectivity index (χ0n) is 12.9. The molecule has 7 nitrogen and oxygen atoms in total. The highest BCUT2D eigenvalue weighted by Gasteiger charge is 2.13. The SMILES string of the molecule is CS(=O)(=O)Nc1ccc(F)cc1Cn1cc(Cl)cc(C(N)=O)c1=N.Cl. The predicted molar refractivity (Wildman–Crippen MR) is 95.0 cm³/mol. The van der Waals surface area contributed by atoms with Crippen molar-refractivity contribution < 1.29 is 17.6 Å². The average Bonchev–Trinajstić information content (AvgIpc) is 2.43. The van der Waals surface area contributed by atoms with E-state index in [2.05, 4.69) is 4.72 Å². The Morgan fingerprint density at radius 1 is 1.40 bits per heavy atom. The Labute approximate surface area is 154 Å². The van der Waals surface area contributed by atoms with Crippen LogP contribution in [-0.2, 0) is 16.6 Å². The second-order valence-corrected chi connectivity index (χ2v) is 7.27. The molecule has 0 unspecified atom stereocenters. The van der Waals surface area contributed by atoms with Crippen LogP contribution in [0.1, 0.15) is 15.9 Å². The molecule has 11 heteroatoms. The van der Waals surface area contributed by atoms with E-state index >= 15 is 0 Å². The van der Waals surface area contributed by atoms with Crippen LogP contribution in [0.15, 0.2) is 30.5 Å². The lowest BCUT2D eigenvalue weighted by Crippen LogP contribution is -2.30. The maximum atomic E-state index is 13.5. The van der Waals surface area contributed by atoms with E-state index in [1.807, 2.05) is 0 Å². The fourth-order valence-electron chi connectivity index (χ4n) is 2.10. The van der Waals surface area contributed by atoms with Crippen LogP contribution >= 0.6 is 24.0 Å². The van der Waals surface area contributed by atoms with Crippen molar-refractivity contribution in [2.75, 3.05) is 11.0 Å². The first-order valence-corrected chi connectivity index (χ1v) is 8.84. The summed E-state index contributed by atoms with van der Waals surface area (Å²) in [7, 11) is -3.57. The number of nitrogens with one attached hydrogen (secondary N) is 2. The number of benzene rings is 1. The Balaban J connectivity index is 0.00000312. The molecule has 1 aromatic heterocycles. The number of hydrogen-bond donors (Lipinski definition) is 3. The fourth-order valence-corrected chi connectivity index (χ4v) is 2.93. The minimum Gasteiger partial charge on any atom is -0.365 e. The number of amides is 1. The third-order valence-electron chi connectivity index (χ3n) is 3.07. The summed E-state index contributed by atoms with van der Waals surface area (Å²) in [5.74, 6) is -1.40. The maximum Gasteiger partial charge on any atom is 0.252 e. The molecule has 4 N–H and O–H groups in total. The van der Waals surface area contributed by atoms with Crippen LogP contribution in [0.25, 0.3) is 0 Å². The van der Waals surface area contributed by atoms with Gasteiger partial charge in [0.15, 0.2) is 0 Å². The van der Waals surface area contributed by atoms with Gasteiger partial charge in [-0.15, -0.1) is 12.4 Å². The van der Waals surface area contributed by atoms with Gasteiger partial charge in [-0.2, -0.15) is 0 Å². The molecule has 0 saturated heterocycles. The third kappa shape index (κ3) is 5.45. The number of anilines is 1. The monoisotopic (exact) mass is 408 g/mol. The van der Waals surface area contributed by atoms with Crippen LogP contribution in [0, 0.1) is 11.2 Å². The van der Waals surface area contributed by atoms with Crippen molar-refractivity contribution in [1.29, 1.82) is 5.41 Å². The van der Waals surface area contributed by atoms with Crippen molar-refractivity contribution in [3.8, 4) is 0 Å². The molecule has 1 amide bonds. The van der Waals surface area contributed by atoms with Crippen LogP contribution in [-0.4, -0.2) is 25.1 Å². The van der Waals surface area contributed by atoms with Crippen LogP contribution in [0.4, 0.5) is 10.1 Å². The summed E-state index contributed by atoms with van der Waals surface area (Å²) in [5, 5.41) is 8.16. The molecule has 0 atom stereocenters. The molecule has 25 heavy (non-hydrogen) atoms. The molecule has 1 aromatic carbocycles. The van der Waals surface area contributed by atoms with Gasteiger partial charge < -0.3 is 10.3 Å². The van der Waals surface area contributed by atoms with E-state index in [4.69, 9.17) is 22.7 Å². The van der Waals surface area contributed by atoms with E-state index in [0.717, 1.165) is 18.4 Å². The number of primary amides is 1. The Bertz CT molecular complexity index is 977. The second-order valence-electron chi connectivity index (χ2n) is 5.09. The van der Waals surface area contributed by atoms with Crippen LogP contribution < -0.4 is 15.9 Å². The van der Waals surface area contributed by atoms with E-state index in [1.54, 1.807) is 0 Å². The van der Waals surface area contributed by atoms with E-state index in [0.29, 0.717) is 0 Å². The number of aromatic nitrogens is 1. The molecule has 0 spiro atoms. The Kier molecular flexibility index (Phi) is 6.58. The Morgan fingerprint density at radius 2 is 2.04 bits per heavy atom. The first kappa shape index (κ1) is 20.9. The molecule has 0 fully saturated rings. The normalized spacial score (nSPS) is 10.8. The summed E-state index contributed by atoms with van der Waals surface area (Å²) < 4.78 is 39.9. The van der Waals surface area contributed by atoms with Crippen LogP contribution in [0.5, 0.6) is 0 Å². The van der Waals surface area contributed by atoms with E-state index < -0.39 is 21.7 Å². The van der Waals surface area contributed by atoms with Gasteiger partial charge in [-0.25, -0.2) is 12.8 Å². The molecule has 136 valence electrons. The number of pyridine rings is 1. The molecular weight excluding hydrogens is 394 g/mol. The summed E-state index contributed by atoms with van der Waals surface area (Å²) in [5.41, 5.74) is 5.30. The standard InChI is InChI=1S/C14H14ClFN4O3S.ClH/c1-24(22,23)19-12-3-2-10(16)4-8(12)6-20-7-9(15)5-11(13(20)17)14(18)21;/h2-5,7,17,19H,6H2,1H3,(H2,18,21);1H. The van der Waals surface area contributed by atoms with Crippen molar-refractivity contribution in [1.82, 2.24) is 4.57 Å². The Morgan fingerprint density at radius 3 is 2.60 bits per heavy atom. The zero-order chi connectivity index (χ0) is 18.1. The van der Waals surface area contributed by atoms with Crippen molar-refractivity contribution in [3.63, 3.8) is 0 Å². The predicted octanol–water partition coefficient (Wildman–Crippen LogP) is 1.70. The first-order chi connectivity index (χ1) is 11.1. The third-order valence-corrected chi connectivity index (χ3v) is 3.87. The van der Waals surface area contributed by atoms with Gasteiger partial charge in [0.25, 0.3) is 5.91 Å². The highest BCUT2D eigenvalue weighted by atomic mass is 35.5. The Hall–Kier alpha value is -2.10. The van der Waals surface area contributed by atoms with Gasteiger partial charge in [0.1, 0.15) is 11.3 Å². The topological polar surface area (TPSA) is 118 Å². The summed E-state index contributed by atoms with van der Waals surface area (Å²) in [6.45, 7) is -0.0880. The highest BCUT2D eigenvalue weighted by molar-refractivity contribution is 7.92. The lowest BCUT2D eigenvalue weighted by Gasteiger charge is -2.14. The number of hydrogen-bond acceptors (Lipinski definition) is 4. The van der Waals surface area contributed by atoms with Crippen molar-refractivity contribution in [3.05, 3.63) is 57.9 Å². The quantitative estimate of drug-likeness (QED) is 0.698. The summed E-state index contributed by atoms with van der Waals surface area (Å²) in [6.07, 6.45) is 2.33. The molecule has 1 heterocycles. The largest absolute Gasteiger partial charge is 0.365 e. The lowest BCUT2D eigenvalue weighted by atomic mass is 10.1. The molecular formula is C14H15Cl2FN4O3S. The fraction of sp³-hybridized carbons (Fsp3) is 0.143. The van der Waals surface area contributed by atoms with Gasteiger partial charge in [0.05, 0.1) is 29.1 Å². The number of nitrogens with two attached hydrogens (primary N) is 1. The number of rotatable bonds is 5. The van der Waals surface area contributed by atoms with Gasteiger partial charge in [-0.3, -0.25) is 14.9 Å². The van der Waals surface area contributed by atoms with E-state index in [1.165, 1.54) is 22.9 Å². The van der Waals surface area contributed by atoms with Crippen molar-refractivity contribution in [2.24, 2.45) is 5.73 Å². The molecule has 0 bridgehead atoms. The maximum absolute atomic E-state index is 13.5. The highest BCUT2D eigenvalue weighted by Crippen LogP contribution is 2.20. The van der Waals surface area contributed by atoms with Gasteiger partial charge in [-0.05, 0) is 29.8 Å². The van der Waals surface area contributed by atoms with Crippen molar-refractivity contribution >= 4 is 45.6 Å². The summed E-state index contributed by atoms with van der Waals surface area (Å²) in [6, 6.07) is 4.76. The summed E-state index contributed by atoms with van der Waals surface area (Å²) >= 11 is 5.91. The van der Waals surface area contributed by atoms with Gasteiger partial charge in [0, 0.05) is 6.20 Å². The first-order valence-electron chi connectivity index (χ1n) is 6.57. The van der Waals surface area contributed by atoms with E-state index in [9.17, 15) is 17.6 Å². The minimum absolute atomic E-state index is 0. The molecule has 0 aliphatic heterocycles. The molecule has 0 aliphatic carbocycles. The van der Waals surface area contributed by atoms with Gasteiger partial charge in [-0.1, -0.05) is 11.6 Å². The molecule has 0 radical (unpaired) electrons. The number of carbonyl (C=O) groups excluding carboxylic acids is 1. The smallest absolute Gasteiger partial charge is 0.252 e. The van der Waals surface area contributed by atoms with Crippen LogP contribution in [0.3, 0.4) is 0 Å². The van der Waals surface area contributed by atoms with Gasteiger partial charge in [0.2, 0.25) is 10.0 Å². The second kappa shape index (κ2) is 7.85. The van der Waals surface area contributed by atoms with Crippen molar-refractivity contribution in [2.45, 2.75) is 6.54 Å².